The molecule has 6 heteroatoms. The molecule has 1 unspecified atom stereocenters. The van der Waals surface area contributed by atoms with Gasteiger partial charge in [0.15, 0.2) is 6.10 Å². The van der Waals surface area contributed by atoms with Crippen LogP contribution in [0.25, 0.3) is 0 Å². The van der Waals surface area contributed by atoms with Crippen LogP contribution in [0.15, 0.2) is 60.8 Å². The largest absolute Gasteiger partial charge is 0.462 e. The lowest BCUT2D eigenvalue weighted by molar-refractivity contribution is -0.167. The molecule has 0 radical (unpaired) electrons. The molecule has 418 valence electrons. The third-order valence-electron chi connectivity index (χ3n) is 13.8. The van der Waals surface area contributed by atoms with Crippen molar-refractivity contribution in [2.75, 3.05) is 13.2 Å². The Labute approximate surface area is 447 Å². The molecule has 0 aromatic carbocycles. The van der Waals surface area contributed by atoms with Gasteiger partial charge in [-0.05, 0) is 57.8 Å². The van der Waals surface area contributed by atoms with Crippen LogP contribution < -0.4 is 0 Å². The molecule has 0 spiro atoms. The minimum absolute atomic E-state index is 0.0931. The number of esters is 3. The Kier molecular flexibility index (Phi) is 58.2. The van der Waals surface area contributed by atoms with Crippen LogP contribution in [0.2, 0.25) is 0 Å². The molecule has 0 aliphatic heterocycles. The summed E-state index contributed by atoms with van der Waals surface area (Å²) in [7, 11) is 0. The molecule has 72 heavy (non-hydrogen) atoms. The van der Waals surface area contributed by atoms with Gasteiger partial charge in [0, 0.05) is 19.3 Å². The fraction of sp³-hybridized carbons (Fsp3) is 0.803. The second kappa shape index (κ2) is 60.7. The first kappa shape index (κ1) is 69.1. The average Bonchev–Trinajstić information content (AvgIpc) is 3.38. The van der Waals surface area contributed by atoms with Crippen molar-refractivity contribution in [2.24, 2.45) is 0 Å². The third-order valence-corrected chi connectivity index (χ3v) is 13.8. The molecule has 0 aliphatic rings. The predicted molar refractivity (Wildman–Crippen MR) is 312 cm³/mol. The number of allylic oxidation sites excluding steroid dienone is 10. The van der Waals surface area contributed by atoms with E-state index in [0.717, 1.165) is 77.0 Å². The monoisotopic (exact) mass is 1010 g/mol. The van der Waals surface area contributed by atoms with Crippen LogP contribution in [0.5, 0.6) is 0 Å². The van der Waals surface area contributed by atoms with E-state index in [-0.39, 0.29) is 37.5 Å². The zero-order chi connectivity index (χ0) is 52.2. The smallest absolute Gasteiger partial charge is 0.306 e. The van der Waals surface area contributed by atoms with Gasteiger partial charge in [-0.1, -0.05) is 306 Å². The molecule has 6 nitrogen and oxygen atoms in total. The molecule has 0 saturated heterocycles. The van der Waals surface area contributed by atoms with E-state index in [1.165, 1.54) is 199 Å². The van der Waals surface area contributed by atoms with E-state index >= 15 is 0 Å². The summed E-state index contributed by atoms with van der Waals surface area (Å²) in [5.41, 5.74) is 0. The highest BCUT2D eigenvalue weighted by Gasteiger charge is 2.19. The number of hydrogen-bond acceptors (Lipinski definition) is 6. The van der Waals surface area contributed by atoms with Gasteiger partial charge in [-0.2, -0.15) is 0 Å². The summed E-state index contributed by atoms with van der Waals surface area (Å²) in [6, 6.07) is 0. The molecule has 0 bridgehead atoms. The van der Waals surface area contributed by atoms with Gasteiger partial charge >= 0.3 is 17.9 Å². The Morgan fingerprint density at radius 2 is 0.542 bits per heavy atom. The standard InChI is InChI=1S/C66H118O6/c1-4-7-10-13-16-19-21-23-25-27-28-29-30-31-32-33-34-35-36-37-39-40-42-44-47-50-53-56-59-65(68)71-62-63(61-70-64(67)58-55-52-49-46-18-15-12-9-6-3)72-66(69)60-57-54-51-48-45-43-41-38-26-24-22-20-17-14-11-8-5-2/h8,11,17,20,24,26,41,43,48,51,63H,4-7,9-10,12-16,18-19,21-23,25,27-40,42,44-47,49-50,52-62H2,1-3H3/b11-8-,20-17-,26-24-,43-41-,51-48-. The van der Waals surface area contributed by atoms with E-state index in [0.29, 0.717) is 19.3 Å². The fourth-order valence-corrected chi connectivity index (χ4v) is 9.13. The molecule has 0 aromatic heterocycles. The van der Waals surface area contributed by atoms with E-state index < -0.39 is 6.10 Å². The molecule has 0 rings (SSSR count). The van der Waals surface area contributed by atoms with Crippen LogP contribution in [0.3, 0.4) is 0 Å². The van der Waals surface area contributed by atoms with Gasteiger partial charge in [0.2, 0.25) is 0 Å². The van der Waals surface area contributed by atoms with Crippen molar-refractivity contribution < 1.29 is 28.6 Å². The van der Waals surface area contributed by atoms with Crippen molar-refractivity contribution in [3.05, 3.63) is 60.8 Å². The van der Waals surface area contributed by atoms with Gasteiger partial charge < -0.3 is 14.2 Å². The van der Waals surface area contributed by atoms with E-state index in [1.54, 1.807) is 0 Å². The molecule has 0 aliphatic carbocycles. The Morgan fingerprint density at radius 1 is 0.292 bits per heavy atom. The van der Waals surface area contributed by atoms with Crippen LogP contribution >= 0.6 is 0 Å². The molecule has 0 N–H and O–H groups in total. The maximum atomic E-state index is 12.8. The number of carbonyl (C=O) groups is 3. The lowest BCUT2D eigenvalue weighted by Crippen LogP contribution is -2.30. The van der Waals surface area contributed by atoms with E-state index in [2.05, 4.69) is 81.5 Å². The van der Waals surface area contributed by atoms with Crippen molar-refractivity contribution in [1.82, 2.24) is 0 Å². The Morgan fingerprint density at radius 3 is 0.833 bits per heavy atom. The molecular formula is C66H118O6. The highest BCUT2D eigenvalue weighted by molar-refractivity contribution is 5.71. The van der Waals surface area contributed by atoms with Gasteiger partial charge in [-0.3, -0.25) is 14.4 Å². The van der Waals surface area contributed by atoms with Crippen molar-refractivity contribution in [3.63, 3.8) is 0 Å². The first-order chi connectivity index (χ1) is 35.5. The molecule has 1 atom stereocenters. The van der Waals surface area contributed by atoms with Crippen LogP contribution in [0.4, 0.5) is 0 Å². The molecule has 0 fully saturated rings. The third kappa shape index (κ3) is 58.0. The second-order valence-corrected chi connectivity index (χ2v) is 21.0. The fourth-order valence-electron chi connectivity index (χ4n) is 9.13. The summed E-state index contributed by atoms with van der Waals surface area (Å²) in [6.45, 7) is 6.50. The lowest BCUT2D eigenvalue weighted by atomic mass is 10.0. The van der Waals surface area contributed by atoms with Gasteiger partial charge in [0.25, 0.3) is 0 Å². The summed E-state index contributed by atoms with van der Waals surface area (Å²) in [4.78, 5) is 38.1. The van der Waals surface area contributed by atoms with Gasteiger partial charge in [0.1, 0.15) is 13.2 Å². The van der Waals surface area contributed by atoms with Gasteiger partial charge in [-0.15, -0.1) is 0 Å². The summed E-state index contributed by atoms with van der Waals surface area (Å²) in [6.07, 6.45) is 76.9. The molecular weight excluding hydrogens is 889 g/mol. The zero-order valence-electron chi connectivity index (χ0n) is 47.9. The second-order valence-electron chi connectivity index (χ2n) is 21.0. The first-order valence-corrected chi connectivity index (χ1v) is 31.3. The number of unbranched alkanes of at least 4 members (excludes halogenated alkanes) is 36. The number of ether oxygens (including phenoxy) is 3. The number of hydrogen-bond donors (Lipinski definition) is 0. The van der Waals surface area contributed by atoms with E-state index in [1.807, 2.05) is 0 Å². The average molecular weight is 1010 g/mol. The normalized spacial score (nSPS) is 12.4. The topological polar surface area (TPSA) is 78.9 Å². The Balaban J connectivity index is 4.16. The Hall–Kier alpha value is -2.89. The quantitative estimate of drug-likeness (QED) is 0.0261. The van der Waals surface area contributed by atoms with Gasteiger partial charge in [-0.25, -0.2) is 0 Å². The van der Waals surface area contributed by atoms with Crippen molar-refractivity contribution in [3.8, 4) is 0 Å². The number of rotatable bonds is 57. The zero-order valence-corrected chi connectivity index (χ0v) is 47.9. The predicted octanol–water partition coefficient (Wildman–Crippen LogP) is 21.2. The van der Waals surface area contributed by atoms with Crippen LogP contribution in [0, 0.1) is 0 Å². The van der Waals surface area contributed by atoms with Gasteiger partial charge in [0.05, 0.1) is 0 Å². The van der Waals surface area contributed by atoms with Crippen molar-refractivity contribution >= 4 is 17.9 Å². The minimum atomic E-state index is -0.800. The molecule has 0 heterocycles. The van der Waals surface area contributed by atoms with Crippen LogP contribution in [-0.2, 0) is 28.6 Å². The summed E-state index contributed by atoms with van der Waals surface area (Å²) in [5.74, 6) is -0.941. The highest BCUT2D eigenvalue weighted by atomic mass is 16.6. The summed E-state index contributed by atoms with van der Waals surface area (Å²) >= 11 is 0. The SMILES string of the molecule is CC/C=C\C/C=C\C/C=C\C/C=C\C/C=C\CCCC(=O)OC(COC(=O)CCCCCCCCCCC)COC(=O)CCCCCCCCCCCCCCCCCCCCCCCCCCCCCC. The first-order valence-electron chi connectivity index (χ1n) is 31.3. The van der Waals surface area contributed by atoms with Crippen molar-refractivity contribution in [2.45, 2.75) is 329 Å². The van der Waals surface area contributed by atoms with Crippen LogP contribution in [0.1, 0.15) is 323 Å². The molecule has 0 amide bonds. The summed E-state index contributed by atoms with van der Waals surface area (Å²) < 4.78 is 16.8. The number of carbonyl (C=O) groups excluding carboxylic acids is 3. The minimum Gasteiger partial charge on any atom is -0.462 e. The summed E-state index contributed by atoms with van der Waals surface area (Å²) in [5, 5.41) is 0. The van der Waals surface area contributed by atoms with E-state index in [9.17, 15) is 14.4 Å². The van der Waals surface area contributed by atoms with Crippen molar-refractivity contribution in [1.29, 1.82) is 0 Å². The molecule has 0 saturated carbocycles. The maximum absolute atomic E-state index is 12.8. The molecule has 0 aromatic rings. The van der Waals surface area contributed by atoms with E-state index in [4.69, 9.17) is 14.2 Å². The lowest BCUT2D eigenvalue weighted by Gasteiger charge is -2.18. The maximum Gasteiger partial charge on any atom is 0.306 e. The highest BCUT2D eigenvalue weighted by Crippen LogP contribution is 2.18. The Bertz CT molecular complexity index is 1290. The van der Waals surface area contributed by atoms with Crippen LogP contribution in [-0.4, -0.2) is 37.2 Å².